The second-order valence-electron chi connectivity index (χ2n) is 5.75. The highest BCUT2D eigenvalue weighted by atomic mass is 32.2. The summed E-state index contributed by atoms with van der Waals surface area (Å²) in [4.78, 5) is 24.1. The molecule has 0 spiro atoms. The zero-order valence-electron chi connectivity index (χ0n) is 12.9. The minimum absolute atomic E-state index is 0.0192. The molecule has 4 nitrogen and oxygen atoms in total. The van der Waals surface area contributed by atoms with Crippen molar-refractivity contribution in [1.29, 1.82) is 0 Å². The van der Waals surface area contributed by atoms with E-state index in [0.29, 0.717) is 4.90 Å². The van der Waals surface area contributed by atoms with Crippen LogP contribution in [0.2, 0.25) is 0 Å². The quantitative estimate of drug-likeness (QED) is 0.666. The van der Waals surface area contributed by atoms with E-state index in [9.17, 15) is 18.4 Å². The lowest BCUT2D eigenvalue weighted by Crippen LogP contribution is -2.50. The van der Waals surface area contributed by atoms with E-state index < -0.39 is 29.1 Å². The lowest BCUT2D eigenvalue weighted by atomic mass is 9.87. The summed E-state index contributed by atoms with van der Waals surface area (Å²) in [5.41, 5.74) is -0.505. The van der Waals surface area contributed by atoms with Crippen molar-refractivity contribution in [3.63, 3.8) is 0 Å². The number of rotatable bonds is 5. The Labute approximate surface area is 132 Å². The number of carbonyl (C=O) groups is 2. The number of nitrogens with one attached hydrogen (secondary N) is 1. The standard InChI is InChI=1S/C15H19F2NO3S/c1-15(2,3)13(14(20)21-4)18-12(19)8-22-9-5-6-10(16)11(17)7-9/h5-7,13H,8H2,1-4H3,(H,18,19)/t13-/m1/s1. The summed E-state index contributed by atoms with van der Waals surface area (Å²) >= 11 is 1.05. The van der Waals surface area contributed by atoms with Crippen LogP contribution in [0.3, 0.4) is 0 Å². The van der Waals surface area contributed by atoms with E-state index in [0.717, 1.165) is 23.9 Å². The van der Waals surface area contributed by atoms with Crippen molar-refractivity contribution in [2.24, 2.45) is 5.41 Å². The molecule has 1 rings (SSSR count). The van der Waals surface area contributed by atoms with Crippen LogP contribution in [0.15, 0.2) is 23.1 Å². The molecule has 0 heterocycles. The van der Waals surface area contributed by atoms with Gasteiger partial charge in [-0.1, -0.05) is 20.8 Å². The predicted molar refractivity (Wildman–Crippen MR) is 80.5 cm³/mol. The zero-order chi connectivity index (χ0) is 16.9. The third-order valence-electron chi connectivity index (χ3n) is 2.87. The fourth-order valence-electron chi connectivity index (χ4n) is 1.67. The normalized spacial score (nSPS) is 12.6. The van der Waals surface area contributed by atoms with Gasteiger partial charge in [0.1, 0.15) is 6.04 Å². The van der Waals surface area contributed by atoms with Gasteiger partial charge in [-0.2, -0.15) is 0 Å². The molecule has 0 aliphatic rings. The number of halogens is 2. The molecule has 1 amide bonds. The van der Waals surface area contributed by atoms with E-state index in [4.69, 9.17) is 0 Å². The summed E-state index contributed by atoms with van der Waals surface area (Å²) in [6.07, 6.45) is 0. The lowest BCUT2D eigenvalue weighted by Gasteiger charge is -2.28. The van der Waals surface area contributed by atoms with Crippen LogP contribution < -0.4 is 5.32 Å². The Morgan fingerprint density at radius 1 is 1.27 bits per heavy atom. The van der Waals surface area contributed by atoms with Crippen molar-refractivity contribution in [3.05, 3.63) is 29.8 Å². The molecular formula is C15H19F2NO3S. The van der Waals surface area contributed by atoms with Crippen LogP contribution in [0, 0.1) is 17.0 Å². The number of esters is 1. The fraction of sp³-hybridized carbons (Fsp3) is 0.467. The van der Waals surface area contributed by atoms with Crippen LogP contribution in [0.25, 0.3) is 0 Å². The summed E-state index contributed by atoms with van der Waals surface area (Å²) < 4.78 is 30.6. The maximum absolute atomic E-state index is 13.1. The Morgan fingerprint density at radius 3 is 2.41 bits per heavy atom. The van der Waals surface area contributed by atoms with Gasteiger partial charge < -0.3 is 10.1 Å². The first-order chi connectivity index (χ1) is 10.1. The summed E-state index contributed by atoms with van der Waals surface area (Å²) in [7, 11) is 1.25. The van der Waals surface area contributed by atoms with Crippen LogP contribution in [-0.4, -0.2) is 30.8 Å². The molecule has 0 radical (unpaired) electrons. The summed E-state index contributed by atoms with van der Waals surface area (Å²) in [5, 5.41) is 2.60. The molecule has 0 aliphatic heterocycles. The smallest absolute Gasteiger partial charge is 0.328 e. The van der Waals surface area contributed by atoms with Crippen molar-refractivity contribution < 1.29 is 23.1 Å². The maximum atomic E-state index is 13.1. The molecule has 22 heavy (non-hydrogen) atoms. The van der Waals surface area contributed by atoms with E-state index in [1.165, 1.54) is 13.2 Å². The minimum atomic E-state index is -0.965. The van der Waals surface area contributed by atoms with Crippen molar-refractivity contribution in [2.75, 3.05) is 12.9 Å². The van der Waals surface area contributed by atoms with Gasteiger partial charge in [0.25, 0.3) is 0 Å². The van der Waals surface area contributed by atoms with Crippen LogP contribution in [-0.2, 0) is 14.3 Å². The van der Waals surface area contributed by atoms with Gasteiger partial charge in [-0.3, -0.25) is 4.79 Å². The Balaban J connectivity index is 2.64. The van der Waals surface area contributed by atoms with E-state index in [-0.39, 0.29) is 11.7 Å². The van der Waals surface area contributed by atoms with Crippen LogP contribution in [0.4, 0.5) is 8.78 Å². The lowest BCUT2D eigenvalue weighted by molar-refractivity contribution is -0.147. The molecule has 122 valence electrons. The zero-order valence-corrected chi connectivity index (χ0v) is 13.7. The Kier molecular flexibility index (Phi) is 6.34. The monoisotopic (exact) mass is 331 g/mol. The van der Waals surface area contributed by atoms with Crippen molar-refractivity contribution in [3.8, 4) is 0 Å². The molecule has 1 aromatic carbocycles. The van der Waals surface area contributed by atoms with Crippen LogP contribution in [0.5, 0.6) is 0 Å². The van der Waals surface area contributed by atoms with Gasteiger partial charge in [-0.15, -0.1) is 11.8 Å². The third kappa shape index (κ3) is 5.29. The molecular weight excluding hydrogens is 312 g/mol. The molecule has 0 fully saturated rings. The average Bonchev–Trinajstić information content (AvgIpc) is 2.44. The first-order valence-electron chi connectivity index (χ1n) is 6.60. The SMILES string of the molecule is COC(=O)[C@@H](NC(=O)CSc1ccc(F)c(F)c1)C(C)(C)C. The largest absolute Gasteiger partial charge is 0.467 e. The van der Waals surface area contributed by atoms with Crippen LogP contribution in [0.1, 0.15) is 20.8 Å². The number of benzene rings is 1. The molecule has 7 heteroatoms. The number of amides is 1. The van der Waals surface area contributed by atoms with Crippen molar-refractivity contribution >= 4 is 23.6 Å². The number of hydrogen-bond donors (Lipinski definition) is 1. The number of ether oxygens (including phenoxy) is 1. The van der Waals surface area contributed by atoms with E-state index in [1.54, 1.807) is 20.8 Å². The molecule has 1 aromatic rings. The summed E-state index contributed by atoms with van der Waals surface area (Å²) in [6.45, 7) is 5.41. The Hall–Kier alpha value is -1.63. The highest BCUT2D eigenvalue weighted by Gasteiger charge is 2.33. The van der Waals surface area contributed by atoms with Gasteiger partial charge in [0.05, 0.1) is 12.9 Å². The van der Waals surface area contributed by atoms with E-state index in [2.05, 4.69) is 10.1 Å². The molecule has 1 N–H and O–H groups in total. The average molecular weight is 331 g/mol. The molecule has 0 saturated heterocycles. The number of hydrogen-bond acceptors (Lipinski definition) is 4. The number of methoxy groups -OCH3 is 1. The van der Waals surface area contributed by atoms with E-state index >= 15 is 0 Å². The molecule has 0 saturated carbocycles. The topological polar surface area (TPSA) is 55.4 Å². The molecule has 1 atom stereocenters. The predicted octanol–water partition coefficient (Wildman–Crippen LogP) is 2.76. The first-order valence-corrected chi connectivity index (χ1v) is 7.58. The molecule has 0 bridgehead atoms. The minimum Gasteiger partial charge on any atom is -0.467 e. The van der Waals surface area contributed by atoms with E-state index in [1.807, 2.05) is 0 Å². The number of thioether (sulfide) groups is 1. The second kappa shape index (κ2) is 7.58. The highest BCUT2D eigenvalue weighted by molar-refractivity contribution is 8.00. The van der Waals surface area contributed by atoms with Gasteiger partial charge >= 0.3 is 5.97 Å². The molecule has 0 unspecified atom stereocenters. The van der Waals surface area contributed by atoms with Gasteiger partial charge in [-0.05, 0) is 23.6 Å². The van der Waals surface area contributed by atoms with Crippen molar-refractivity contribution in [1.82, 2.24) is 5.32 Å². The number of carbonyl (C=O) groups excluding carboxylic acids is 2. The Morgan fingerprint density at radius 2 is 1.91 bits per heavy atom. The van der Waals surface area contributed by atoms with Crippen molar-refractivity contribution in [2.45, 2.75) is 31.7 Å². The van der Waals surface area contributed by atoms with Crippen LogP contribution >= 0.6 is 11.8 Å². The molecule has 0 aliphatic carbocycles. The molecule has 0 aromatic heterocycles. The fourth-order valence-corrected chi connectivity index (χ4v) is 2.40. The second-order valence-corrected chi connectivity index (χ2v) is 6.80. The van der Waals surface area contributed by atoms with Gasteiger partial charge in [-0.25, -0.2) is 13.6 Å². The third-order valence-corrected chi connectivity index (χ3v) is 3.86. The van der Waals surface area contributed by atoms with Gasteiger partial charge in [0, 0.05) is 4.90 Å². The van der Waals surface area contributed by atoms with Gasteiger partial charge in [0.15, 0.2) is 11.6 Å². The Bertz CT molecular complexity index is 558. The maximum Gasteiger partial charge on any atom is 0.328 e. The first kappa shape index (κ1) is 18.4. The summed E-state index contributed by atoms with van der Waals surface area (Å²) in [6, 6.07) is 2.63. The summed E-state index contributed by atoms with van der Waals surface area (Å²) in [5.74, 6) is -2.84. The van der Waals surface area contributed by atoms with Gasteiger partial charge in [0.2, 0.25) is 5.91 Å². The highest BCUT2D eigenvalue weighted by Crippen LogP contribution is 2.22.